The second kappa shape index (κ2) is 9.65. The fraction of sp³-hybridized carbons (Fsp3) is 0.375. The van der Waals surface area contributed by atoms with Crippen LogP contribution in [0, 0.1) is 20.8 Å². The Bertz CT molecular complexity index is 1090. The van der Waals surface area contributed by atoms with Gasteiger partial charge in [0.25, 0.3) is 0 Å². The van der Waals surface area contributed by atoms with Gasteiger partial charge in [-0.05, 0) is 62.2 Å². The van der Waals surface area contributed by atoms with Crippen molar-refractivity contribution in [1.29, 1.82) is 0 Å². The lowest BCUT2D eigenvalue weighted by molar-refractivity contribution is -0.128. The standard InChI is InChI=1S/C24H29N5O2S/c1-17-6-5-7-22(18(17)2)27-12-14-28(15-13-27)23(30)16-32-24-26-25-19(3)29(24)20-8-10-21(31-4)11-9-20/h5-11H,12-16H2,1-4H3. The van der Waals surface area contributed by atoms with Crippen LogP contribution in [0.4, 0.5) is 5.69 Å². The number of methoxy groups -OCH3 is 1. The van der Waals surface area contributed by atoms with Gasteiger partial charge in [0.1, 0.15) is 11.6 Å². The van der Waals surface area contributed by atoms with Crippen molar-refractivity contribution in [3.05, 3.63) is 59.4 Å². The number of carbonyl (C=O) groups is 1. The first kappa shape index (κ1) is 22.2. The van der Waals surface area contributed by atoms with E-state index in [0.29, 0.717) is 5.75 Å². The zero-order chi connectivity index (χ0) is 22.7. The predicted molar refractivity (Wildman–Crippen MR) is 128 cm³/mol. The van der Waals surface area contributed by atoms with Gasteiger partial charge in [-0.25, -0.2) is 0 Å². The highest BCUT2D eigenvalue weighted by Gasteiger charge is 2.23. The van der Waals surface area contributed by atoms with Crippen LogP contribution in [0.15, 0.2) is 47.6 Å². The summed E-state index contributed by atoms with van der Waals surface area (Å²) in [5, 5.41) is 9.22. The van der Waals surface area contributed by atoms with Crippen LogP contribution >= 0.6 is 11.8 Å². The van der Waals surface area contributed by atoms with Crippen LogP contribution in [-0.2, 0) is 4.79 Å². The van der Waals surface area contributed by atoms with E-state index in [0.717, 1.165) is 48.6 Å². The second-order valence-electron chi connectivity index (χ2n) is 7.94. The molecule has 0 spiro atoms. The number of rotatable bonds is 6. The molecular formula is C24H29N5O2S. The molecule has 1 amide bonds. The van der Waals surface area contributed by atoms with E-state index in [2.05, 4.69) is 47.1 Å². The molecule has 1 aromatic heterocycles. The summed E-state index contributed by atoms with van der Waals surface area (Å²) in [6, 6.07) is 14.2. The lowest BCUT2D eigenvalue weighted by Gasteiger charge is -2.37. The summed E-state index contributed by atoms with van der Waals surface area (Å²) < 4.78 is 7.21. The topological polar surface area (TPSA) is 63.5 Å². The molecule has 2 heterocycles. The molecule has 8 heteroatoms. The van der Waals surface area contributed by atoms with Gasteiger partial charge in [0.15, 0.2) is 5.16 Å². The number of hydrogen-bond acceptors (Lipinski definition) is 6. The van der Waals surface area contributed by atoms with Crippen LogP contribution < -0.4 is 9.64 Å². The first-order chi connectivity index (χ1) is 15.5. The largest absolute Gasteiger partial charge is 0.497 e. The van der Waals surface area contributed by atoms with Crippen molar-refractivity contribution in [2.75, 3.05) is 43.9 Å². The van der Waals surface area contributed by atoms with Gasteiger partial charge in [0, 0.05) is 37.6 Å². The highest BCUT2D eigenvalue weighted by Crippen LogP contribution is 2.26. The van der Waals surface area contributed by atoms with Crippen molar-refractivity contribution >= 4 is 23.4 Å². The van der Waals surface area contributed by atoms with Crippen molar-refractivity contribution in [2.45, 2.75) is 25.9 Å². The maximum Gasteiger partial charge on any atom is 0.233 e. The number of nitrogens with zero attached hydrogens (tertiary/aromatic N) is 5. The molecule has 0 unspecified atom stereocenters. The Hall–Kier alpha value is -3.00. The highest BCUT2D eigenvalue weighted by molar-refractivity contribution is 7.99. The molecule has 4 rings (SSSR count). The molecule has 0 N–H and O–H groups in total. The van der Waals surface area contributed by atoms with E-state index in [4.69, 9.17) is 4.74 Å². The maximum absolute atomic E-state index is 12.9. The quantitative estimate of drug-likeness (QED) is 0.533. The molecular weight excluding hydrogens is 422 g/mol. The number of ether oxygens (including phenoxy) is 1. The Morgan fingerprint density at radius 2 is 1.72 bits per heavy atom. The van der Waals surface area contributed by atoms with E-state index in [9.17, 15) is 4.79 Å². The Kier molecular flexibility index (Phi) is 6.69. The number of amides is 1. The summed E-state index contributed by atoms with van der Waals surface area (Å²) in [7, 11) is 1.65. The third-order valence-corrected chi connectivity index (χ3v) is 6.91. The molecule has 0 bridgehead atoms. The van der Waals surface area contributed by atoms with E-state index in [1.165, 1.54) is 28.6 Å². The molecule has 1 saturated heterocycles. The highest BCUT2D eigenvalue weighted by atomic mass is 32.2. The Morgan fingerprint density at radius 3 is 2.41 bits per heavy atom. The summed E-state index contributed by atoms with van der Waals surface area (Å²) in [6.07, 6.45) is 0. The first-order valence-corrected chi connectivity index (χ1v) is 11.7. The molecule has 1 aliphatic heterocycles. The monoisotopic (exact) mass is 451 g/mol. The van der Waals surface area contributed by atoms with Gasteiger partial charge in [0.05, 0.1) is 12.9 Å². The zero-order valence-electron chi connectivity index (χ0n) is 19.0. The molecule has 0 saturated carbocycles. The summed E-state index contributed by atoms with van der Waals surface area (Å²) in [5.41, 5.74) is 4.84. The molecule has 3 aromatic rings. The minimum atomic E-state index is 0.137. The van der Waals surface area contributed by atoms with E-state index in [-0.39, 0.29) is 5.91 Å². The van der Waals surface area contributed by atoms with E-state index >= 15 is 0 Å². The SMILES string of the molecule is COc1ccc(-n2c(C)nnc2SCC(=O)N2CCN(c3cccc(C)c3C)CC2)cc1. The van der Waals surface area contributed by atoms with Gasteiger partial charge < -0.3 is 14.5 Å². The third kappa shape index (κ3) is 4.60. The molecule has 0 atom stereocenters. The lowest BCUT2D eigenvalue weighted by atomic mass is 10.1. The fourth-order valence-corrected chi connectivity index (χ4v) is 4.86. The fourth-order valence-electron chi connectivity index (χ4n) is 3.96. The van der Waals surface area contributed by atoms with Crippen molar-refractivity contribution in [1.82, 2.24) is 19.7 Å². The van der Waals surface area contributed by atoms with Crippen LogP contribution in [0.3, 0.4) is 0 Å². The van der Waals surface area contributed by atoms with Gasteiger partial charge >= 0.3 is 0 Å². The molecule has 7 nitrogen and oxygen atoms in total. The molecule has 1 aliphatic rings. The van der Waals surface area contributed by atoms with E-state index < -0.39 is 0 Å². The van der Waals surface area contributed by atoms with Gasteiger partial charge in [-0.15, -0.1) is 10.2 Å². The van der Waals surface area contributed by atoms with E-state index in [1.54, 1.807) is 7.11 Å². The van der Waals surface area contributed by atoms with Crippen LogP contribution in [0.5, 0.6) is 5.75 Å². The van der Waals surface area contributed by atoms with Crippen LogP contribution in [-0.4, -0.2) is 64.6 Å². The average Bonchev–Trinajstić information content (AvgIpc) is 3.19. The number of aryl methyl sites for hydroxylation is 2. The molecule has 0 aliphatic carbocycles. The number of anilines is 1. The molecule has 1 fully saturated rings. The predicted octanol–water partition coefficient (Wildman–Crippen LogP) is 3.64. The van der Waals surface area contributed by atoms with Gasteiger partial charge in [-0.1, -0.05) is 23.9 Å². The van der Waals surface area contributed by atoms with Crippen molar-refractivity contribution in [3.63, 3.8) is 0 Å². The molecule has 32 heavy (non-hydrogen) atoms. The molecule has 168 valence electrons. The van der Waals surface area contributed by atoms with Crippen LogP contribution in [0.2, 0.25) is 0 Å². The summed E-state index contributed by atoms with van der Waals surface area (Å²) in [6.45, 7) is 9.38. The Balaban J connectivity index is 1.36. The van der Waals surface area contributed by atoms with Crippen LogP contribution in [0.25, 0.3) is 5.69 Å². The number of benzene rings is 2. The molecule has 2 aromatic carbocycles. The lowest BCUT2D eigenvalue weighted by Crippen LogP contribution is -2.49. The number of aromatic nitrogens is 3. The summed E-state index contributed by atoms with van der Waals surface area (Å²) in [5.74, 6) is 2.06. The minimum Gasteiger partial charge on any atom is -0.497 e. The smallest absolute Gasteiger partial charge is 0.233 e. The minimum absolute atomic E-state index is 0.137. The van der Waals surface area contributed by atoms with E-state index in [1.807, 2.05) is 40.7 Å². The Labute approximate surface area is 193 Å². The first-order valence-electron chi connectivity index (χ1n) is 10.8. The van der Waals surface area contributed by atoms with Gasteiger partial charge in [0.2, 0.25) is 5.91 Å². The summed E-state index contributed by atoms with van der Waals surface area (Å²) >= 11 is 1.43. The number of hydrogen-bond donors (Lipinski definition) is 0. The van der Waals surface area contributed by atoms with Crippen LogP contribution in [0.1, 0.15) is 17.0 Å². The number of thioether (sulfide) groups is 1. The van der Waals surface area contributed by atoms with Gasteiger partial charge in [-0.3, -0.25) is 9.36 Å². The Morgan fingerprint density at radius 1 is 1.00 bits per heavy atom. The number of carbonyl (C=O) groups excluding carboxylic acids is 1. The van der Waals surface area contributed by atoms with Crippen molar-refractivity contribution in [3.8, 4) is 11.4 Å². The normalized spacial score (nSPS) is 14.0. The zero-order valence-corrected chi connectivity index (χ0v) is 19.9. The molecule has 0 radical (unpaired) electrons. The maximum atomic E-state index is 12.9. The number of piperazine rings is 1. The second-order valence-corrected chi connectivity index (χ2v) is 8.88. The third-order valence-electron chi connectivity index (χ3n) is 6.00. The van der Waals surface area contributed by atoms with Crippen molar-refractivity contribution in [2.24, 2.45) is 0 Å². The van der Waals surface area contributed by atoms with Gasteiger partial charge in [-0.2, -0.15) is 0 Å². The average molecular weight is 452 g/mol. The summed E-state index contributed by atoms with van der Waals surface area (Å²) in [4.78, 5) is 17.2. The van der Waals surface area contributed by atoms with Crippen molar-refractivity contribution < 1.29 is 9.53 Å².